The molecule has 8 nitrogen and oxygen atoms in total. The van der Waals surface area contributed by atoms with Gasteiger partial charge in [-0.25, -0.2) is 18.4 Å². The third-order valence-electron chi connectivity index (χ3n) is 6.22. The SMILES string of the molecule is N#Cc1ccccc1S(=O)(=O)C[C@H]1CC[C@@H](n2cc(-c3ncnc4[nH]ccc34)cn2)CC1. The third kappa shape index (κ3) is 3.78. The molecule has 9 heteroatoms. The quantitative estimate of drug-likeness (QED) is 0.497. The van der Waals surface area contributed by atoms with Crippen LogP contribution in [0, 0.1) is 17.2 Å². The Morgan fingerprint density at radius 1 is 1.12 bits per heavy atom. The molecule has 3 aromatic heterocycles. The number of nitrogens with zero attached hydrogens (tertiary/aromatic N) is 5. The zero-order chi connectivity index (χ0) is 22.1. The molecule has 1 aromatic carbocycles. The van der Waals surface area contributed by atoms with Gasteiger partial charge in [-0.1, -0.05) is 12.1 Å². The standard InChI is InChI=1S/C23H22N6O2S/c24-11-17-3-1-2-4-21(17)32(30,31)14-16-5-7-19(8-6-16)29-13-18(12-28-29)22-20-9-10-25-23(20)27-15-26-22/h1-4,9-10,12-13,15-16,19H,5-8,14H2,(H,25,26,27)/t16-,19+. The van der Waals surface area contributed by atoms with Crippen molar-refractivity contribution >= 4 is 20.9 Å². The van der Waals surface area contributed by atoms with Crippen LogP contribution >= 0.6 is 0 Å². The highest BCUT2D eigenvalue weighted by atomic mass is 32.2. The number of nitriles is 1. The second-order valence-electron chi connectivity index (χ2n) is 8.24. The lowest BCUT2D eigenvalue weighted by atomic mass is 9.87. The number of hydrogen-bond donors (Lipinski definition) is 1. The van der Waals surface area contributed by atoms with Crippen LogP contribution < -0.4 is 0 Å². The summed E-state index contributed by atoms with van der Waals surface area (Å²) in [5, 5.41) is 14.8. The predicted octanol–water partition coefficient (Wildman–Crippen LogP) is 3.90. The van der Waals surface area contributed by atoms with Gasteiger partial charge in [-0.2, -0.15) is 10.4 Å². The molecule has 0 bridgehead atoms. The highest BCUT2D eigenvalue weighted by Crippen LogP contribution is 2.35. The van der Waals surface area contributed by atoms with Crippen LogP contribution in [-0.2, 0) is 9.84 Å². The lowest BCUT2D eigenvalue weighted by Gasteiger charge is -2.28. The molecule has 162 valence electrons. The first-order valence-electron chi connectivity index (χ1n) is 10.6. The molecule has 0 saturated heterocycles. The van der Waals surface area contributed by atoms with Crippen molar-refractivity contribution in [1.29, 1.82) is 5.26 Å². The van der Waals surface area contributed by atoms with Gasteiger partial charge < -0.3 is 4.98 Å². The summed E-state index contributed by atoms with van der Waals surface area (Å²) in [6.45, 7) is 0. The number of H-pyrrole nitrogens is 1. The number of rotatable bonds is 5. The van der Waals surface area contributed by atoms with Crippen molar-refractivity contribution in [1.82, 2.24) is 24.7 Å². The number of aromatic amines is 1. The van der Waals surface area contributed by atoms with Crippen molar-refractivity contribution in [3.05, 3.63) is 60.8 Å². The number of nitrogens with one attached hydrogen (secondary N) is 1. The van der Waals surface area contributed by atoms with Gasteiger partial charge in [-0.05, 0) is 49.8 Å². The van der Waals surface area contributed by atoms with E-state index in [0.717, 1.165) is 48.0 Å². The predicted molar refractivity (Wildman–Crippen MR) is 119 cm³/mol. The van der Waals surface area contributed by atoms with Gasteiger partial charge in [-0.15, -0.1) is 0 Å². The van der Waals surface area contributed by atoms with Gasteiger partial charge in [0.1, 0.15) is 18.0 Å². The van der Waals surface area contributed by atoms with Crippen LogP contribution in [0.5, 0.6) is 0 Å². The van der Waals surface area contributed by atoms with Gasteiger partial charge in [0.25, 0.3) is 0 Å². The molecule has 32 heavy (non-hydrogen) atoms. The van der Waals surface area contributed by atoms with Crippen molar-refractivity contribution in [3.8, 4) is 17.3 Å². The van der Waals surface area contributed by atoms with E-state index in [4.69, 9.17) is 0 Å². The highest BCUT2D eigenvalue weighted by molar-refractivity contribution is 7.91. The van der Waals surface area contributed by atoms with E-state index in [2.05, 4.69) is 20.1 Å². The molecule has 1 N–H and O–H groups in total. The zero-order valence-corrected chi connectivity index (χ0v) is 18.2. The molecule has 1 saturated carbocycles. The van der Waals surface area contributed by atoms with Crippen molar-refractivity contribution in [3.63, 3.8) is 0 Å². The largest absolute Gasteiger partial charge is 0.346 e. The Bertz CT molecular complexity index is 1410. The summed E-state index contributed by atoms with van der Waals surface area (Å²) in [7, 11) is -3.49. The minimum atomic E-state index is -3.49. The zero-order valence-electron chi connectivity index (χ0n) is 17.3. The maximum absolute atomic E-state index is 12.9. The van der Waals surface area contributed by atoms with Crippen LogP contribution in [-0.4, -0.2) is 38.9 Å². The Balaban J connectivity index is 1.27. The van der Waals surface area contributed by atoms with Crippen molar-refractivity contribution in [2.24, 2.45) is 5.92 Å². The molecule has 0 unspecified atom stereocenters. The Hall–Kier alpha value is -3.51. The minimum Gasteiger partial charge on any atom is -0.346 e. The van der Waals surface area contributed by atoms with E-state index < -0.39 is 9.84 Å². The van der Waals surface area contributed by atoms with E-state index in [9.17, 15) is 13.7 Å². The minimum absolute atomic E-state index is 0.0785. The molecule has 1 fully saturated rings. The average molecular weight is 447 g/mol. The van der Waals surface area contributed by atoms with Gasteiger partial charge in [0.2, 0.25) is 0 Å². The van der Waals surface area contributed by atoms with Crippen LogP contribution in [0.1, 0.15) is 37.3 Å². The van der Waals surface area contributed by atoms with E-state index in [1.165, 1.54) is 6.07 Å². The summed E-state index contributed by atoms with van der Waals surface area (Å²) in [6.07, 6.45) is 10.6. The maximum atomic E-state index is 12.9. The first-order chi connectivity index (χ1) is 15.5. The van der Waals surface area contributed by atoms with Gasteiger partial charge in [0, 0.05) is 23.3 Å². The van der Waals surface area contributed by atoms with Gasteiger partial charge in [0.05, 0.1) is 34.1 Å². The number of sulfone groups is 1. The van der Waals surface area contributed by atoms with E-state index in [0.29, 0.717) is 0 Å². The van der Waals surface area contributed by atoms with Crippen molar-refractivity contribution in [2.45, 2.75) is 36.6 Å². The van der Waals surface area contributed by atoms with Gasteiger partial charge in [-0.3, -0.25) is 4.68 Å². The molecule has 0 radical (unpaired) electrons. The van der Waals surface area contributed by atoms with Gasteiger partial charge in [0.15, 0.2) is 9.84 Å². The molecule has 1 aliphatic carbocycles. The topological polar surface area (TPSA) is 117 Å². The molecule has 5 rings (SSSR count). The van der Waals surface area contributed by atoms with E-state index in [-0.39, 0.29) is 28.2 Å². The van der Waals surface area contributed by atoms with Crippen LogP contribution in [0.2, 0.25) is 0 Å². The molecular weight excluding hydrogens is 424 g/mol. The second kappa shape index (κ2) is 8.20. The first-order valence-corrected chi connectivity index (χ1v) is 12.2. The molecule has 1 aliphatic rings. The average Bonchev–Trinajstić information content (AvgIpc) is 3.49. The van der Waals surface area contributed by atoms with Crippen LogP contribution in [0.3, 0.4) is 0 Å². The summed E-state index contributed by atoms with van der Waals surface area (Å²) >= 11 is 0. The number of hydrogen-bond acceptors (Lipinski definition) is 6. The molecule has 0 atom stereocenters. The monoisotopic (exact) mass is 446 g/mol. The summed E-state index contributed by atoms with van der Waals surface area (Å²) in [5.74, 6) is 0.161. The highest BCUT2D eigenvalue weighted by Gasteiger charge is 2.29. The smallest absolute Gasteiger partial charge is 0.179 e. The number of benzene rings is 1. The van der Waals surface area contributed by atoms with Crippen LogP contribution in [0.4, 0.5) is 0 Å². The summed E-state index contributed by atoms with van der Waals surface area (Å²) < 4.78 is 27.8. The Morgan fingerprint density at radius 3 is 2.75 bits per heavy atom. The molecular formula is C23H22N6O2S. The van der Waals surface area contributed by atoms with Crippen LogP contribution in [0.15, 0.2) is 60.1 Å². The van der Waals surface area contributed by atoms with Gasteiger partial charge >= 0.3 is 0 Å². The molecule has 3 heterocycles. The summed E-state index contributed by atoms with van der Waals surface area (Å²) in [5.41, 5.74) is 2.79. The fraction of sp³-hybridized carbons (Fsp3) is 0.304. The molecule has 0 aliphatic heterocycles. The molecule has 0 amide bonds. The summed E-state index contributed by atoms with van der Waals surface area (Å²) in [6, 6.07) is 10.6. The Kier molecular flexibility index (Phi) is 5.23. The maximum Gasteiger partial charge on any atom is 0.179 e. The Labute approximate surface area is 185 Å². The summed E-state index contributed by atoms with van der Waals surface area (Å²) in [4.78, 5) is 11.9. The lowest BCUT2D eigenvalue weighted by Crippen LogP contribution is -2.24. The molecule has 4 aromatic rings. The van der Waals surface area contributed by atoms with Crippen molar-refractivity contribution < 1.29 is 8.42 Å². The number of aromatic nitrogens is 5. The first kappa shape index (κ1) is 20.4. The fourth-order valence-corrected chi connectivity index (χ4v) is 6.44. The van der Waals surface area contributed by atoms with E-state index in [1.54, 1.807) is 24.5 Å². The Morgan fingerprint density at radius 2 is 1.94 bits per heavy atom. The van der Waals surface area contributed by atoms with Crippen LogP contribution in [0.25, 0.3) is 22.3 Å². The normalized spacial score (nSPS) is 19.1. The number of fused-ring (bicyclic) bond motifs is 1. The lowest BCUT2D eigenvalue weighted by molar-refractivity contribution is 0.275. The molecule has 0 spiro atoms. The van der Waals surface area contributed by atoms with E-state index >= 15 is 0 Å². The fourth-order valence-electron chi connectivity index (χ4n) is 4.57. The van der Waals surface area contributed by atoms with E-state index in [1.807, 2.05) is 35.4 Å². The van der Waals surface area contributed by atoms with Crippen molar-refractivity contribution in [2.75, 3.05) is 5.75 Å². The third-order valence-corrected chi connectivity index (χ3v) is 8.15. The second-order valence-corrected chi connectivity index (χ2v) is 10.2.